The number of ketones is 1. The first-order valence-corrected chi connectivity index (χ1v) is 24.4. The molecule has 1 fully saturated rings. The summed E-state index contributed by atoms with van der Waals surface area (Å²) in [5.74, 6) is -7.18. The summed E-state index contributed by atoms with van der Waals surface area (Å²) in [6.45, 7) is 24.9. The maximum Gasteiger partial charge on any atom is 0.312 e. The lowest BCUT2D eigenvalue weighted by Gasteiger charge is -2.40. The number of benzene rings is 3. The maximum atomic E-state index is 15.0. The summed E-state index contributed by atoms with van der Waals surface area (Å²) in [7, 11) is 1.44. The van der Waals surface area contributed by atoms with Gasteiger partial charge in [-0.25, -0.2) is 4.98 Å². The first-order chi connectivity index (χ1) is 33.3. The molecule has 0 unspecified atom stereocenters. The second-order valence-corrected chi connectivity index (χ2v) is 20.9. The van der Waals surface area contributed by atoms with Crippen molar-refractivity contribution >= 4 is 50.9 Å². The highest BCUT2D eigenvalue weighted by Crippen LogP contribution is 2.51. The number of aliphatic hydroxyl groups is 2. The SMILES string of the molecule is CO[C@H]1/C=C/O[C@@]2(C)Oc3c(C)c(O)c4c(=O)c(c5oc6cc(N7CCN(CC(C)C)CC7)cc(O)c6nc-5c4c3C2=O)NC(=O)/C(C)=C\C=C\C(C)(C)[C@H](C)[C@H](O)[C@@H](C)[C@@H](O)[C@@H](C)[C@H](OC(C)=O)[C@@H]1C. The van der Waals surface area contributed by atoms with Crippen molar-refractivity contribution in [3.05, 3.63) is 69.6 Å². The third-order valence-corrected chi connectivity index (χ3v) is 15.0. The Kier molecular flexibility index (Phi) is 15.1. The van der Waals surface area contributed by atoms with Crippen molar-refractivity contribution < 1.29 is 58.2 Å². The Morgan fingerprint density at radius 3 is 2.27 bits per heavy atom. The van der Waals surface area contributed by atoms with E-state index in [2.05, 4.69) is 29.0 Å². The number of carbonyl (C=O) groups excluding carboxylic acids is 3. The molecule has 17 nitrogen and oxygen atoms in total. The Balaban J connectivity index is 1.43. The topological polar surface area (TPSA) is 231 Å². The molecule has 1 amide bonds. The standard InChI is InChI=1S/C54H70N4O13/c1-26(2)25-57-18-20-58(21-19-57)34-23-35(60)41-37(24-34)70-50-42(55-41)38-39-46(63)31(7)49-40(38)51(65)54(12,71-49)68-22-16-36(67-13)28(4)48(69-33(9)59)30(6)44(61)29(5)45(62)32(8)53(10,11)17-14-15-27(3)52(66)56-43(50)47(39)64/h14-17,22-24,26,28-30,32,36,44-45,48,60-63H,18-21,25H2,1-13H3,(H,56,66)/b17-14+,22-16+,27-15-/t28-,29+,30-,32-,36+,44-,45-,48-,54+/m1/s1. The molecule has 5 N–H and O–H groups in total. The quantitative estimate of drug-likeness (QED) is 0.0742. The van der Waals surface area contributed by atoms with Gasteiger partial charge in [0.15, 0.2) is 11.3 Å². The van der Waals surface area contributed by atoms with Gasteiger partial charge in [0.2, 0.25) is 5.43 Å². The highest BCUT2D eigenvalue weighted by molar-refractivity contribution is 6.22. The van der Waals surface area contributed by atoms with E-state index in [-0.39, 0.29) is 67.2 Å². The van der Waals surface area contributed by atoms with Crippen LogP contribution in [-0.2, 0) is 23.8 Å². The molecule has 17 heteroatoms. The smallest absolute Gasteiger partial charge is 0.312 e. The van der Waals surface area contributed by atoms with Crippen molar-refractivity contribution in [2.24, 2.45) is 35.0 Å². The summed E-state index contributed by atoms with van der Waals surface area (Å²) in [5.41, 5.74) is -1.28. The molecule has 1 aliphatic carbocycles. The minimum atomic E-state index is -2.09. The third-order valence-electron chi connectivity index (χ3n) is 15.0. The third kappa shape index (κ3) is 9.98. The first kappa shape index (κ1) is 52.8. The molecule has 384 valence electrons. The van der Waals surface area contributed by atoms with Crippen LogP contribution < -0.4 is 20.4 Å². The zero-order valence-corrected chi connectivity index (χ0v) is 43.1. The minimum Gasteiger partial charge on any atom is -0.507 e. The van der Waals surface area contributed by atoms with Crippen molar-refractivity contribution in [3.8, 4) is 28.7 Å². The van der Waals surface area contributed by atoms with Crippen molar-refractivity contribution in [2.75, 3.05) is 50.1 Å². The summed E-state index contributed by atoms with van der Waals surface area (Å²) in [5, 5.41) is 49.4. The van der Waals surface area contributed by atoms with E-state index in [4.69, 9.17) is 28.3 Å². The molecule has 7 rings (SSSR count). The molecule has 4 aliphatic heterocycles. The number of aliphatic hydroxyl groups excluding tert-OH is 2. The molecule has 1 saturated heterocycles. The van der Waals surface area contributed by atoms with Gasteiger partial charge in [0.05, 0.1) is 35.5 Å². The van der Waals surface area contributed by atoms with Gasteiger partial charge in [-0.05, 0) is 37.2 Å². The van der Waals surface area contributed by atoms with Crippen LogP contribution in [0.4, 0.5) is 11.4 Å². The van der Waals surface area contributed by atoms with Gasteiger partial charge in [-0.2, -0.15) is 0 Å². The second kappa shape index (κ2) is 20.2. The fraction of sp³-hybridized carbons (Fsp3) is 0.537. The van der Waals surface area contributed by atoms with Crippen LogP contribution in [0.15, 0.2) is 57.5 Å². The molecule has 4 bridgehead atoms. The number of phenols is 2. The number of phenolic OH excluding ortho intramolecular Hbond substituents is 2. The molecule has 5 aliphatic rings. The fourth-order valence-corrected chi connectivity index (χ4v) is 10.3. The number of hydrogen-bond donors (Lipinski definition) is 5. The molecule has 4 heterocycles. The Bertz CT molecular complexity index is 2840. The number of esters is 1. The van der Waals surface area contributed by atoms with Crippen LogP contribution in [0.25, 0.3) is 33.3 Å². The number of hydrogen-bond acceptors (Lipinski definition) is 16. The Morgan fingerprint density at radius 1 is 0.958 bits per heavy atom. The van der Waals surface area contributed by atoms with Gasteiger partial charge in [0.25, 0.3) is 11.7 Å². The van der Waals surface area contributed by atoms with Crippen molar-refractivity contribution in [3.63, 3.8) is 0 Å². The molecule has 0 radical (unpaired) electrons. The highest BCUT2D eigenvalue weighted by atomic mass is 16.7. The van der Waals surface area contributed by atoms with Crippen LogP contribution in [-0.4, -0.2) is 118 Å². The van der Waals surface area contributed by atoms with Gasteiger partial charge in [-0.1, -0.05) is 73.6 Å². The van der Waals surface area contributed by atoms with Crippen LogP contribution in [0.2, 0.25) is 0 Å². The molecule has 0 aromatic heterocycles. The summed E-state index contributed by atoms with van der Waals surface area (Å²) in [6, 6.07) is 3.30. The van der Waals surface area contributed by atoms with Crippen LogP contribution in [0, 0.1) is 41.9 Å². The molecule has 0 saturated carbocycles. The van der Waals surface area contributed by atoms with E-state index >= 15 is 0 Å². The lowest BCUT2D eigenvalue weighted by Crippen LogP contribution is -2.47. The lowest BCUT2D eigenvalue weighted by molar-refractivity contribution is -0.161. The van der Waals surface area contributed by atoms with E-state index in [1.165, 1.54) is 40.2 Å². The van der Waals surface area contributed by atoms with E-state index in [0.29, 0.717) is 24.7 Å². The van der Waals surface area contributed by atoms with E-state index in [1.54, 1.807) is 52.0 Å². The number of fused-ring (bicyclic) bond motifs is 2. The summed E-state index contributed by atoms with van der Waals surface area (Å²) >= 11 is 0. The lowest BCUT2D eigenvalue weighted by atomic mass is 9.71. The fourth-order valence-electron chi connectivity index (χ4n) is 10.3. The van der Waals surface area contributed by atoms with E-state index < -0.39 is 88.1 Å². The number of allylic oxidation sites excluding steroid dienone is 3. The van der Waals surface area contributed by atoms with Gasteiger partial charge >= 0.3 is 11.8 Å². The maximum absolute atomic E-state index is 15.0. The predicted octanol–water partition coefficient (Wildman–Crippen LogP) is 7.46. The number of aromatic nitrogens is 1. The van der Waals surface area contributed by atoms with E-state index in [1.807, 2.05) is 26.8 Å². The van der Waals surface area contributed by atoms with Crippen molar-refractivity contribution in [2.45, 2.75) is 113 Å². The number of anilines is 2. The largest absolute Gasteiger partial charge is 0.507 e. The van der Waals surface area contributed by atoms with Gasteiger partial charge in [-0.15, -0.1) is 0 Å². The number of piperazine rings is 1. The number of nitrogens with one attached hydrogen (secondary N) is 1. The number of aromatic hydroxyl groups is 2. The summed E-state index contributed by atoms with van der Waals surface area (Å²) < 4.78 is 30.6. The molecule has 2 aromatic carbocycles. The zero-order chi connectivity index (χ0) is 52.2. The van der Waals surface area contributed by atoms with Gasteiger partial charge in [-0.3, -0.25) is 24.1 Å². The number of carbonyl (C=O) groups is 3. The minimum absolute atomic E-state index is 0.00538. The molecule has 71 heavy (non-hydrogen) atoms. The average Bonchev–Trinajstić information content (AvgIpc) is 3.58. The van der Waals surface area contributed by atoms with Crippen LogP contribution >= 0.6 is 0 Å². The van der Waals surface area contributed by atoms with E-state index in [9.17, 15) is 39.6 Å². The highest BCUT2D eigenvalue weighted by Gasteiger charge is 2.50. The number of rotatable bonds is 5. The summed E-state index contributed by atoms with van der Waals surface area (Å²) in [4.78, 5) is 66.0. The first-order valence-electron chi connectivity index (χ1n) is 24.4. The molecule has 9 atom stereocenters. The molecule has 2 aromatic rings. The number of nitrogens with zero attached hydrogens (tertiary/aromatic N) is 3. The Morgan fingerprint density at radius 2 is 1.63 bits per heavy atom. The Hall–Kier alpha value is -6.01. The van der Waals surface area contributed by atoms with Crippen LogP contribution in [0.3, 0.4) is 0 Å². The second-order valence-electron chi connectivity index (χ2n) is 20.9. The molecular formula is C54H70N4O13. The normalized spacial score (nSPS) is 29.7. The number of methoxy groups -OCH3 is 1. The molecular weight excluding hydrogens is 913 g/mol. The van der Waals surface area contributed by atoms with Gasteiger partial charge in [0, 0.05) is 106 Å². The van der Waals surface area contributed by atoms with Crippen molar-refractivity contribution in [1.29, 1.82) is 0 Å². The van der Waals surface area contributed by atoms with Gasteiger partial charge in [0.1, 0.15) is 40.3 Å². The number of amides is 1. The van der Waals surface area contributed by atoms with Crippen molar-refractivity contribution in [1.82, 2.24) is 9.88 Å². The number of ether oxygens (including phenoxy) is 4. The van der Waals surface area contributed by atoms with Gasteiger partial charge < -0.3 is 54.0 Å². The molecule has 0 spiro atoms. The van der Waals surface area contributed by atoms with E-state index in [0.717, 1.165) is 19.6 Å². The Labute approximate surface area is 414 Å². The average molecular weight is 983 g/mol. The zero-order valence-electron chi connectivity index (χ0n) is 43.1. The predicted molar refractivity (Wildman–Crippen MR) is 270 cm³/mol. The number of Topliss-reactive ketones (excluding diaryl/α,β-unsaturated/α-hetero) is 1. The monoisotopic (exact) mass is 982 g/mol. The summed E-state index contributed by atoms with van der Waals surface area (Å²) in [6.07, 6.45) is 3.86. The van der Waals surface area contributed by atoms with Crippen LogP contribution in [0.1, 0.15) is 92.1 Å². The van der Waals surface area contributed by atoms with Crippen LogP contribution in [0.5, 0.6) is 17.2 Å².